The lowest BCUT2D eigenvalue weighted by Gasteiger charge is -1.81. The van der Waals surface area contributed by atoms with Crippen LogP contribution in [0.1, 0.15) is 4.88 Å². The highest BCUT2D eigenvalue weighted by atomic mass is 35.5. The second kappa shape index (κ2) is 3.85. The fourth-order valence-corrected chi connectivity index (χ4v) is 1.95. The summed E-state index contributed by atoms with van der Waals surface area (Å²) in [7, 11) is 0. The molecule has 0 aromatic carbocycles. The summed E-state index contributed by atoms with van der Waals surface area (Å²) in [5.74, 6) is 0. The third kappa shape index (κ3) is 1.58. The average Bonchev–Trinajstić information content (AvgIpc) is 2.46. The van der Waals surface area contributed by atoms with E-state index in [0.29, 0.717) is 6.54 Å². The number of nitrogens with zero attached hydrogens (tertiary/aromatic N) is 1. The van der Waals surface area contributed by atoms with Gasteiger partial charge in [-0.1, -0.05) is 0 Å². The van der Waals surface area contributed by atoms with E-state index in [-0.39, 0.29) is 12.4 Å². The van der Waals surface area contributed by atoms with Crippen molar-refractivity contribution < 1.29 is 0 Å². The van der Waals surface area contributed by atoms with E-state index >= 15 is 0 Å². The molecule has 0 aliphatic carbocycles. The minimum absolute atomic E-state index is 0. The molecule has 2 N–H and O–H groups in total. The minimum Gasteiger partial charge on any atom is -0.326 e. The average molecular weight is 201 g/mol. The van der Waals surface area contributed by atoms with E-state index in [1.807, 2.05) is 12.3 Å². The highest BCUT2D eigenvalue weighted by Gasteiger charge is 1.97. The Bertz CT molecular complexity index is 339. The summed E-state index contributed by atoms with van der Waals surface area (Å²) < 4.78 is 1.26. The number of fused-ring (bicyclic) bond motifs is 1. The van der Waals surface area contributed by atoms with Gasteiger partial charge in [-0.3, -0.25) is 4.98 Å². The van der Waals surface area contributed by atoms with Crippen LogP contribution in [0.5, 0.6) is 0 Å². The third-order valence-electron chi connectivity index (χ3n) is 1.57. The van der Waals surface area contributed by atoms with Gasteiger partial charge in [0.05, 0.1) is 0 Å². The Kier molecular flexibility index (Phi) is 3.03. The Morgan fingerprint density at radius 1 is 1.50 bits per heavy atom. The van der Waals surface area contributed by atoms with Crippen molar-refractivity contribution in [2.45, 2.75) is 6.54 Å². The molecule has 0 unspecified atom stereocenters. The Balaban J connectivity index is 0.000000720. The number of pyridine rings is 1. The lowest BCUT2D eigenvalue weighted by Crippen LogP contribution is -1.90. The van der Waals surface area contributed by atoms with Gasteiger partial charge >= 0.3 is 0 Å². The molecule has 2 aromatic heterocycles. The van der Waals surface area contributed by atoms with Crippen LogP contribution < -0.4 is 5.73 Å². The molecule has 0 saturated carbocycles. The normalized spacial score (nSPS) is 9.75. The van der Waals surface area contributed by atoms with Crippen molar-refractivity contribution in [3.05, 3.63) is 29.4 Å². The summed E-state index contributed by atoms with van der Waals surface area (Å²) in [5, 5.41) is 1.19. The predicted octanol–water partition coefficient (Wildman–Crippen LogP) is 2.18. The lowest BCUT2D eigenvalue weighted by molar-refractivity contribution is 1.11. The molecule has 0 atom stereocenters. The molecule has 0 spiro atoms. The standard InChI is InChI=1S/C8H8N2S.ClH/c9-4-7-3-6-5-10-2-1-8(6)11-7;/h1-3,5H,4,9H2;1H. The summed E-state index contributed by atoms with van der Waals surface area (Å²) in [6.45, 7) is 0.624. The first-order valence-corrected chi connectivity index (χ1v) is 4.24. The maximum Gasteiger partial charge on any atom is 0.0376 e. The summed E-state index contributed by atoms with van der Waals surface area (Å²) in [6, 6.07) is 4.10. The van der Waals surface area contributed by atoms with Gasteiger partial charge in [0.25, 0.3) is 0 Å². The first kappa shape index (κ1) is 9.45. The van der Waals surface area contributed by atoms with E-state index < -0.39 is 0 Å². The van der Waals surface area contributed by atoms with Gasteiger partial charge in [0, 0.05) is 33.9 Å². The van der Waals surface area contributed by atoms with Crippen LogP contribution in [0, 0.1) is 0 Å². The summed E-state index contributed by atoms with van der Waals surface area (Å²) in [5.41, 5.74) is 5.50. The maximum atomic E-state index is 5.50. The van der Waals surface area contributed by atoms with Crippen molar-refractivity contribution in [2.24, 2.45) is 5.73 Å². The first-order valence-electron chi connectivity index (χ1n) is 3.42. The Hall–Kier alpha value is -0.640. The number of hydrogen-bond acceptors (Lipinski definition) is 3. The van der Waals surface area contributed by atoms with Gasteiger partial charge in [0.2, 0.25) is 0 Å². The highest BCUT2D eigenvalue weighted by Crippen LogP contribution is 2.23. The van der Waals surface area contributed by atoms with E-state index in [1.165, 1.54) is 15.0 Å². The smallest absolute Gasteiger partial charge is 0.0376 e. The maximum absolute atomic E-state index is 5.50. The van der Waals surface area contributed by atoms with Crippen LogP contribution in [-0.2, 0) is 6.54 Å². The molecular weight excluding hydrogens is 192 g/mol. The molecule has 4 heteroatoms. The Labute approximate surface area is 80.8 Å². The zero-order chi connectivity index (χ0) is 7.68. The molecule has 64 valence electrons. The molecule has 2 nitrogen and oxygen atoms in total. The van der Waals surface area contributed by atoms with Gasteiger partial charge in [0.15, 0.2) is 0 Å². The van der Waals surface area contributed by atoms with Crippen molar-refractivity contribution in [2.75, 3.05) is 0 Å². The van der Waals surface area contributed by atoms with Gasteiger partial charge in [-0.15, -0.1) is 23.7 Å². The Morgan fingerprint density at radius 2 is 2.33 bits per heavy atom. The zero-order valence-corrected chi connectivity index (χ0v) is 7.99. The first-order chi connectivity index (χ1) is 5.40. The number of rotatable bonds is 1. The topological polar surface area (TPSA) is 38.9 Å². The zero-order valence-electron chi connectivity index (χ0n) is 6.36. The van der Waals surface area contributed by atoms with E-state index in [1.54, 1.807) is 17.5 Å². The highest BCUT2D eigenvalue weighted by molar-refractivity contribution is 7.19. The molecule has 0 amide bonds. The van der Waals surface area contributed by atoms with Crippen LogP contribution in [0.3, 0.4) is 0 Å². The number of aromatic nitrogens is 1. The number of nitrogens with two attached hydrogens (primary N) is 1. The quantitative estimate of drug-likeness (QED) is 0.767. The molecule has 0 bridgehead atoms. The molecule has 2 aromatic rings. The number of hydrogen-bond donors (Lipinski definition) is 1. The van der Waals surface area contributed by atoms with Crippen molar-refractivity contribution >= 4 is 33.8 Å². The van der Waals surface area contributed by atoms with Crippen molar-refractivity contribution in [3.8, 4) is 0 Å². The third-order valence-corrected chi connectivity index (χ3v) is 2.71. The molecular formula is C8H9ClN2S. The summed E-state index contributed by atoms with van der Waals surface area (Å²) in [6.07, 6.45) is 3.67. The second-order valence-electron chi connectivity index (χ2n) is 2.33. The summed E-state index contributed by atoms with van der Waals surface area (Å²) in [4.78, 5) is 5.24. The van der Waals surface area contributed by atoms with E-state index in [9.17, 15) is 0 Å². The Morgan fingerprint density at radius 3 is 3.00 bits per heavy atom. The van der Waals surface area contributed by atoms with Gasteiger partial charge in [0.1, 0.15) is 0 Å². The molecule has 2 heterocycles. The van der Waals surface area contributed by atoms with Crippen LogP contribution in [0.25, 0.3) is 10.1 Å². The molecule has 0 aliphatic rings. The van der Waals surface area contributed by atoms with Gasteiger partial charge in [-0.2, -0.15) is 0 Å². The van der Waals surface area contributed by atoms with Gasteiger partial charge in [-0.25, -0.2) is 0 Å². The van der Waals surface area contributed by atoms with Crippen LogP contribution in [0.15, 0.2) is 24.5 Å². The van der Waals surface area contributed by atoms with Crippen molar-refractivity contribution in [1.82, 2.24) is 4.98 Å². The molecule has 0 saturated heterocycles. The summed E-state index contributed by atoms with van der Waals surface area (Å²) >= 11 is 1.73. The van der Waals surface area contributed by atoms with Crippen LogP contribution in [-0.4, -0.2) is 4.98 Å². The monoisotopic (exact) mass is 200 g/mol. The second-order valence-corrected chi connectivity index (χ2v) is 3.50. The lowest BCUT2D eigenvalue weighted by atomic mass is 10.3. The molecule has 12 heavy (non-hydrogen) atoms. The van der Waals surface area contributed by atoms with E-state index in [0.717, 1.165) is 0 Å². The minimum atomic E-state index is 0. The van der Waals surface area contributed by atoms with Crippen molar-refractivity contribution in [3.63, 3.8) is 0 Å². The fraction of sp³-hybridized carbons (Fsp3) is 0.125. The fourth-order valence-electron chi connectivity index (χ4n) is 1.04. The van der Waals surface area contributed by atoms with Crippen LogP contribution in [0.2, 0.25) is 0 Å². The van der Waals surface area contributed by atoms with Crippen molar-refractivity contribution in [1.29, 1.82) is 0 Å². The largest absolute Gasteiger partial charge is 0.326 e. The van der Waals surface area contributed by atoms with E-state index in [2.05, 4.69) is 11.1 Å². The number of thiophene rings is 1. The molecule has 0 radical (unpaired) electrons. The van der Waals surface area contributed by atoms with Crippen LogP contribution in [0.4, 0.5) is 0 Å². The molecule has 2 rings (SSSR count). The predicted molar refractivity (Wildman–Crippen MR) is 54.8 cm³/mol. The molecule has 0 aliphatic heterocycles. The number of halogens is 1. The van der Waals surface area contributed by atoms with E-state index in [4.69, 9.17) is 5.73 Å². The van der Waals surface area contributed by atoms with Crippen LogP contribution >= 0.6 is 23.7 Å². The molecule has 0 fully saturated rings. The van der Waals surface area contributed by atoms with Gasteiger partial charge < -0.3 is 5.73 Å². The SMILES string of the molecule is Cl.NCc1cc2cnccc2s1. The van der Waals surface area contributed by atoms with Gasteiger partial charge in [-0.05, 0) is 12.1 Å².